The van der Waals surface area contributed by atoms with Crippen LogP contribution < -0.4 is 0 Å². The second kappa shape index (κ2) is 5.77. The highest BCUT2D eigenvalue weighted by molar-refractivity contribution is 14.1. The van der Waals surface area contributed by atoms with Gasteiger partial charge < -0.3 is 0 Å². The van der Waals surface area contributed by atoms with Crippen LogP contribution in [0.2, 0.25) is 0 Å². The molecule has 0 N–H and O–H groups in total. The Morgan fingerprint density at radius 3 is 2.38 bits per heavy atom. The first kappa shape index (κ1) is 13.1. The van der Waals surface area contributed by atoms with E-state index in [0.29, 0.717) is 6.42 Å². The zero-order valence-corrected chi connectivity index (χ0v) is 10.5. The first-order valence-corrected chi connectivity index (χ1v) is 5.31. The van der Waals surface area contributed by atoms with E-state index in [0.717, 1.165) is 0 Å². The molecule has 0 aliphatic carbocycles. The van der Waals surface area contributed by atoms with Gasteiger partial charge in [0.25, 0.3) is 0 Å². The number of halogens is 1. The van der Waals surface area contributed by atoms with Crippen LogP contribution in [0.1, 0.15) is 34.1 Å². The topological polar surface area (TPSA) is 44.8 Å². The Morgan fingerprint density at radius 1 is 1.46 bits per heavy atom. The predicted molar refractivity (Wildman–Crippen MR) is 56.1 cm³/mol. The van der Waals surface area contributed by atoms with Gasteiger partial charge in [-0.1, -0.05) is 29.5 Å². The van der Waals surface area contributed by atoms with Gasteiger partial charge in [-0.3, -0.25) is 4.89 Å². The fraction of sp³-hybridized carbons (Fsp3) is 0.875. The molecule has 0 amide bonds. The van der Waals surface area contributed by atoms with E-state index in [-0.39, 0.29) is 3.92 Å². The summed E-state index contributed by atoms with van der Waals surface area (Å²) in [6.07, 6.45) is 0.707. The summed E-state index contributed by atoms with van der Waals surface area (Å²) in [5.41, 5.74) is -0.479. The maximum atomic E-state index is 11.0. The summed E-state index contributed by atoms with van der Waals surface area (Å²) in [4.78, 5) is 20.2. The Kier molecular flexibility index (Phi) is 5.82. The monoisotopic (exact) mass is 302 g/mol. The highest BCUT2D eigenvalue weighted by Gasteiger charge is 2.18. The summed E-state index contributed by atoms with van der Waals surface area (Å²) >= 11 is 1.98. The van der Waals surface area contributed by atoms with E-state index in [4.69, 9.17) is 4.89 Å². The standard InChI is InChI=1S/C8H15IO4/c1-5-6(9)7(10)11-13-12-8(2,3)4/h6H,5H2,1-4H3. The Hall–Kier alpha value is 0.120. The van der Waals surface area contributed by atoms with Crippen molar-refractivity contribution in [2.45, 2.75) is 43.6 Å². The minimum Gasteiger partial charge on any atom is -0.268 e. The van der Waals surface area contributed by atoms with Gasteiger partial charge in [-0.15, -0.1) is 0 Å². The van der Waals surface area contributed by atoms with Crippen molar-refractivity contribution in [3.63, 3.8) is 0 Å². The fourth-order valence-electron chi connectivity index (χ4n) is 0.371. The van der Waals surface area contributed by atoms with E-state index in [1.165, 1.54) is 0 Å². The van der Waals surface area contributed by atoms with E-state index < -0.39 is 11.6 Å². The van der Waals surface area contributed by atoms with E-state index in [1.54, 1.807) is 20.8 Å². The summed E-state index contributed by atoms with van der Waals surface area (Å²) in [6, 6.07) is 0. The normalized spacial score (nSPS) is 13.9. The molecule has 0 aromatic carbocycles. The van der Waals surface area contributed by atoms with Crippen LogP contribution in [0.5, 0.6) is 0 Å². The van der Waals surface area contributed by atoms with Crippen LogP contribution in [0.25, 0.3) is 0 Å². The van der Waals surface area contributed by atoms with Crippen LogP contribution in [0.3, 0.4) is 0 Å². The second-order valence-corrected chi connectivity index (χ2v) is 5.05. The van der Waals surface area contributed by atoms with Crippen molar-refractivity contribution < 1.29 is 19.6 Å². The number of carbonyl (C=O) groups excluding carboxylic acids is 1. The number of hydrogen-bond acceptors (Lipinski definition) is 4. The van der Waals surface area contributed by atoms with Crippen LogP contribution in [-0.4, -0.2) is 15.5 Å². The fourth-order valence-corrected chi connectivity index (χ4v) is 0.475. The largest absolute Gasteiger partial charge is 0.358 e. The minimum absolute atomic E-state index is 0.193. The third-order valence-electron chi connectivity index (χ3n) is 1.01. The molecule has 4 nitrogen and oxygen atoms in total. The summed E-state index contributed by atoms with van der Waals surface area (Å²) in [6.45, 7) is 7.27. The Morgan fingerprint density at radius 2 is 2.00 bits per heavy atom. The zero-order chi connectivity index (χ0) is 10.5. The van der Waals surface area contributed by atoms with Crippen molar-refractivity contribution in [3.05, 3.63) is 0 Å². The minimum atomic E-state index is -0.479. The molecular formula is C8H15IO4. The number of rotatable bonds is 4. The van der Waals surface area contributed by atoms with Gasteiger partial charge in [0.05, 0.1) is 5.60 Å². The molecule has 0 aromatic heterocycles. The highest BCUT2D eigenvalue weighted by atomic mass is 127. The van der Waals surface area contributed by atoms with Crippen LogP contribution in [-0.2, 0) is 19.6 Å². The second-order valence-electron chi connectivity index (χ2n) is 3.54. The average Bonchev–Trinajstić information content (AvgIpc) is 2.00. The molecule has 0 saturated heterocycles. The van der Waals surface area contributed by atoms with Gasteiger partial charge in [-0.05, 0) is 32.2 Å². The van der Waals surface area contributed by atoms with E-state index in [9.17, 15) is 4.79 Å². The molecule has 0 bridgehead atoms. The van der Waals surface area contributed by atoms with Gasteiger partial charge in [0.2, 0.25) is 0 Å². The van der Waals surface area contributed by atoms with Gasteiger partial charge in [0, 0.05) is 0 Å². The molecule has 78 valence electrons. The first-order chi connectivity index (χ1) is 5.87. The molecule has 0 aliphatic heterocycles. The van der Waals surface area contributed by atoms with Crippen LogP contribution in [0.4, 0.5) is 0 Å². The Labute approximate surface area is 91.9 Å². The van der Waals surface area contributed by atoms with Crippen LogP contribution in [0.15, 0.2) is 0 Å². The number of hydrogen-bond donors (Lipinski definition) is 0. The van der Waals surface area contributed by atoms with Crippen molar-refractivity contribution in [1.29, 1.82) is 0 Å². The number of carbonyl (C=O) groups is 1. The zero-order valence-electron chi connectivity index (χ0n) is 8.30. The van der Waals surface area contributed by atoms with Crippen LogP contribution >= 0.6 is 22.6 Å². The van der Waals surface area contributed by atoms with Crippen LogP contribution in [0, 0.1) is 0 Å². The summed E-state index contributed by atoms with van der Waals surface area (Å²) in [5.74, 6) is -0.424. The molecule has 0 saturated carbocycles. The molecule has 0 aliphatic rings. The van der Waals surface area contributed by atoms with Gasteiger partial charge in [-0.25, -0.2) is 4.79 Å². The Bertz CT molecular complexity index is 164. The lowest BCUT2D eigenvalue weighted by molar-refractivity contribution is -0.514. The molecule has 0 rings (SSSR count). The lowest BCUT2D eigenvalue weighted by atomic mass is 10.2. The third kappa shape index (κ3) is 7.21. The maximum Gasteiger partial charge on any atom is 0.358 e. The summed E-state index contributed by atoms with van der Waals surface area (Å²) in [5, 5.41) is 4.33. The molecule has 0 aromatic rings. The molecule has 0 spiro atoms. The van der Waals surface area contributed by atoms with Gasteiger partial charge >= 0.3 is 5.97 Å². The first-order valence-electron chi connectivity index (χ1n) is 4.07. The SMILES string of the molecule is CCC(I)C(=O)OOOC(C)(C)C. The molecule has 1 atom stereocenters. The molecule has 0 radical (unpaired) electrons. The molecule has 5 heteroatoms. The summed E-state index contributed by atoms with van der Waals surface area (Å²) < 4.78 is -0.193. The van der Waals surface area contributed by atoms with Gasteiger partial charge in [0.1, 0.15) is 3.92 Å². The quantitative estimate of drug-likeness (QED) is 0.346. The van der Waals surface area contributed by atoms with Gasteiger partial charge in [0.15, 0.2) is 0 Å². The molecule has 0 fully saturated rings. The summed E-state index contributed by atoms with van der Waals surface area (Å²) in [7, 11) is 0. The maximum absolute atomic E-state index is 11.0. The molecule has 13 heavy (non-hydrogen) atoms. The van der Waals surface area contributed by atoms with Crippen molar-refractivity contribution in [3.8, 4) is 0 Å². The molecule has 1 unspecified atom stereocenters. The lowest BCUT2D eigenvalue weighted by Gasteiger charge is -2.15. The van der Waals surface area contributed by atoms with Crippen molar-refractivity contribution in [2.24, 2.45) is 0 Å². The van der Waals surface area contributed by atoms with E-state index in [2.05, 4.69) is 9.93 Å². The van der Waals surface area contributed by atoms with Crippen molar-refractivity contribution in [2.75, 3.05) is 0 Å². The predicted octanol–water partition coefficient (Wildman–Crippen LogP) is 2.40. The molecular weight excluding hydrogens is 287 g/mol. The third-order valence-corrected chi connectivity index (χ3v) is 2.40. The van der Waals surface area contributed by atoms with Crippen molar-refractivity contribution >= 4 is 28.6 Å². The van der Waals surface area contributed by atoms with Gasteiger partial charge in [-0.2, -0.15) is 4.89 Å². The smallest absolute Gasteiger partial charge is 0.268 e. The average molecular weight is 302 g/mol. The Balaban J connectivity index is 3.60. The van der Waals surface area contributed by atoms with E-state index >= 15 is 0 Å². The van der Waals surface area contributed by atoms with E-state index in [1.807, 2.05) is 29.5 Å². The molecule has 0 heterocycles. The number of alkyl halides is 1. The van der Waals surface area contributed by atoms with Crippen molar-refractivity contribution in [1.82, 2.24) is 0 Å². The highest BCUT2D eigenvalue weighted by Crippen LogP contribution is 2.10. The lowest BCUT2D eigenvalue weighted by Crippen LogP contribution is -2.23.